The average molecular weight is 472 g/mol. The first kappa shape index (κ1) is 27.1. The fourth-order valence-electron chi connectivity index (χ4n) is 1.47. The Hall–Kier alpha value is -1.91. The lowest BCUT2D eigenvalue weighted by Gasteiger charge is -2.42. The largest absolute Gasteiger partial charge is 0.478 e. The molecule has 2 nitrogen and oxygen atoms in total. The Bertz CT molecular complexity index is 660. The Labute approximate surface area is 147 Å². The maximum atomic E-state index is 13.3. The van der Waals surface area contributed by atoms with Crippen LogP contribution in [0.15, 0.2) is 12.2 Å². The Balaban J connectivity index is 6.65. The zero-order valence-electron chi connectivity index (χ0n) is 12.7. The number of carboxylic acids is 1. The maximum absolute atomic E-state index is 13.3. The summed E-state index contributed by atoms with van der Waals surface area (Å²) in [4.78, 5) is 10.2. The van der Waals surface area contributed by atoms with Crippen molar-refractivity contribution in [2.75, 3.05) is 0 Å². The van der Waals surface area contributed by atoms with E-state index >= 15 is 0 Å². The molecule has 0 radical (unpaired) electrons. The van der Waals surface area contributed by atoms with Crippen LogP contribution >= 0.6 is 0 Å². The lowest BCUT2D eigenvalue weighted by atomic mass is 9.88. The number of carboxylic acid groups (broad SMARTS) is 1. The molecule has 0 rings (SSSR count). The highest BCUT2D eigenvalue weighted by Gasteiger charge is 2.93. The van der Waals surface area contributed by atoms with Gasteiger partial charge in [0.2, 0.25) is 6.17 Å². The smallest absolute Gasteiger partial charge is 0.460 e. The first-order chi connectivity index (χ1) is 12.3. The average Bonchev–Trinajstić information content (AvgIpc) is 2.50. The number of hydrogen-bond acceptors (Lipinski definition) is 1. The van der Waals surface area contributed by atoms with E-state index in [1.54, 1.807) is 0 Å². The molecule has 0 bridgehead atoms. The first-order valence-electron chi connectivity index (χ1n) is 6.16. The van der Waals surface area contributed by atoms with Crippen LogP contribution in [0.3, 0.4) is 0 Å². The van der Waals surface area contributed by atoms with Crippen LogP contribution in [0.4, 0.5) is 70.2 Å². The standard InChI is InChI=1S/C11H4F16O2/c1-2(4(28)29)3(12)5(13,14)6(15,16)7(17,18)8(19,20)9(21,22)10(23,24)11(25,26)27/h3H,1H2,(H,28,29). The minimum Gasteiger partial charge on any atom is -0.478 e. The maximum Gasteiger partial charge on any atom is 0.460 e. The summed E-state index contributed by atoms with van der Waals surface area (Å²) >= 11 is 0. The van der Waals surface area contributed by atoms with Gasteiger partial charge in [0.05, 0.1) is 5.57 Å². The van der Waals surface area contributed by atoms with Crippen molar-refractivity contribution in [1.29, 1.82) is 0 Å². The van der Waals surface area contributed by atoms with Gasteiger partial charge in [0.25, 0.3) is 0 Å². The molecule has 1 unspecified atom stereocenters. The summed E-state index contributed by atoms with van der Waals surface area (Å²) in [6.07, 6.45) is -12.9. The van der Waals surface area contributed by atoms with Gasteiger partial charge >= 0.3 is 47.7 Å². The van der Waals surface area contributed by atoms with Crippen molar-refractivity contribution in [3.05, 3.63) is 12.2 Å². The molecule has 1 N–H and O–H groups in total. The summed E-state index contributed by atoms with van der Waals surface area (Å²) in [6, 6.07) is 0. The van der Waals surface area contributed by atoms with Gasteiger partial charge in [-0.3, -0.25) is 0 Å². The molecule has 0 fully saturated rings. The highest BCUT2D eigenvalue weighted by molar-refractivity contribution is 5.87. The molecular formula is C11H4F16O2. The van der Waals surface area contributed by atoms with Crippen LogP contribution in [0.1, 0.15) is 0 Å². The summed E-state index contributed by atoms with van der Waals surface area (Å²) in [7, 11) is 0. The molecule has 0 amide bonds. The van der Waals surface area contributed by atoms with Crippen molar-refractivity contribution in [2.45, 2.75) is 47.9 Å². The minimum atomic E-state index is -8.57. The van der Waals surface area contributed by atoms with E-state index in [0.717, 1.165) is 0 Å². The van der Waals surface area contributed by atoms with Crippen molar-refractivity contribution < 1.29 is 80.1 Å². The monoisotopic (exact) mass is 472 g/mol. The van der Waals surface area contributed by atoms with E-state index in [1.165, 1.54) is 0 Å². The van der Waals surface area contributed by atoms with Crippen LogP contribution in [0.25, 0.3) is 0 Å². The quantitative estimate of drug-likeness (QED) is 0.383. The van der Waals surface area contributed by atoms with Gasteiger partial charge in [-0.1, -0.05) is 6.58 Å². The molecule has 0 saturated carbocycles. The predicted octanol–water partition coefficient (Wildman–Crippen LogP) is 5.34. The van der Waals surface area contributed by atoms with Crippen molar-refractivity contribution in [1.82, 2.24) is 0 Å². The van der Waals surface area contributed by atoms with Crippen molar-refractivity contribution in [3.63, 3.8) is 0 Å². The topological polar surface area (TPSA) is 37.3 Å². The molecule has 0 saturated heterocycles. The summed E-state index contributed by atoms with van der Waals surface area (Å²) in [6.45, 7) is 1.86. The first-order valence-corrected chi connectivity index (χ1v) is 6.16. The molecule has 0 aliphatic heterocycles. The van der Waals surface area contributed by atoms with Crippen LogP contribution in [0.2, 0.25) is 0 Å². The Morgan fingerprint density at radius 1 is 0.621 bits per heavy atom. The van der Waals surface area contributed by atoms with Gasteiger partial charge in [-0.25, -0.2) is 9.18 Å². The third-order valence-electron chi connectivity index (χ3n) is 3.25. The number of halogens is 16. The number of alkyl halides is 16. The Morgan fingerprint density at radius 2 is 0.897 bits per heavy atom. The third-order valence-corrected chi connectivity index (χ3v) is 3.25. The van der Waals surface area contributed by atoms with Gasteiger partial charge in [0, 0.05) is 0 Å². The van der Waals surface area contributed by atoms with Gasteiger partial charge < -0.3 is 5.11 Å². The normalized spacial score (nSPS) is 16.6. The fraction of sp³-hybridized carbons (Fsp3) is 0.727. The van der Waals surface area contributed by atoms with Gasteiger partial charge in [-0.05, 0) is 0 Å². The van der Waals surface area contributed by atoms with Gasteiger partial charge in [-0.2, -0.15) is 65.9 Å². The van der Waals surface area contributed by atoms with Gasteiger partial charge in [0.1, 0.15) is 0 Å². The molecule has 1 atom stereocenters. The lowest BCUT2D eigenvalue weighted by molar-refractivity contribution is -0.454. The lowest BCUT2D eigenvalue weighted by Crippen LogP contribution is -2.73. The molecule has 0 aliphatic rings. The molecular weight excluding hydrogens is 468 g/mol. The third kappa shape index (κ3) is 3.47. The second-order valence-electron chi connectivity index (χ2n) is 5.19. The Morgan fingerprint density at radius 3 is 1.17 bits per heavy atom. The SMILES string of the molecule is C=C(C(=O)O)C(F)C(F)(F)C(F)(F)C(F)(F)C(F)(F)C(F)(F)C(F)(F)C(F)(F)F. The highest BCUT2D eigenvalue weighted by Crippen LogP contribution is 2.63. The van der Waals surface area contributed by atoms with E-state index in [1.807, 2.05) is 6.58 Å². The number of hydrogen-bond donors (Lipinski definition) is 1. The van der Waals surface area contributed by atoms with Crippen molar-refractivity contribution in [2.24, 2.45) is 0 Å². The van der Waals surface area contributed by atoms with Gasteiger partial charge in [-0.15, -0.1) is 0 Å². The van der Waals surface area contributed by atoms with E-state index in [2.05, 4.69) is 0 Å². The summed E-state index contributed by atoms with van der Waals surface area (Å²) in [5.41, 5.74) is -2.69. The molecule has 18 heteroatoms. The molecule has 172 valence electrons. The summed E-state index contributed by atoms with van der Waals surface area (Å²) in [5.74, 6) is -52.1. The van der Waals surface area contributed by atoms with Crippen LogP contribution in [-0.4, -0.2) is 59.0 Å². The van der Waals surface area contributed by atoms with Gasteiger partial charge in [0.15, 0.2) is 0 Å². The van der Waals surface area contributed by atoms with E-state index in [0.29, 0.717) is 0 Å². The fourth-order valence-corrected chi connectivity index (χ4v) is 1.47. The van der Waals surface area contributed by atoms with E-state index < -0.39 is 59.4 Å². The van der Waals surface area contributed by atoms with Crippen LogP contribution in [0, 0.1) is 0 Å². The van der Waals surface area contributed by atoms with Crippen molar-refractivity contribution in [3.8, 4) is 0 Å². The van der Waals surface area contributed by atoms with E-state index in [9.17, 15) is 75.0 Å². The number of aliphatic carboxylic acids is 1. The van der Waals surface area contributed by atoms with Crippen LogP contribution in [-0.2, 0) is 4.79 Å². The second kappa shape index (κ2) is 6.82. The Kier molecular flexibility index (Phi) is 6.37. The molecule has 0 aromatic carbocycles. The van der Waals surface area contributed by atoms with E-state index in [4.69, 9.17) is 5.11 Å². The molecule has 0 heterocycles. The number of carbonyl (C=O) groups is 1. The molecule has 29 heavy (non-hydrogen) atoms. The molecule has 0 aliphatic carbocycles. The van der Waals surface area contributed by atoms with Crippen LogP contribution in [0.5, 0.6) is 0 Å². The number of rotatable bonds is 8. The molecule has 0 aromatic heterocycles. The molecule has 0 spiro atoms. The summed E-state index contributed by atoms with van der Waals surface area (Å²) < 4.78 is 205. The van der Waals surface area contributed by atoms with Crippen molar-refractivity contribution >= 4 is 5.97 Å². The van der Waals surface area contributed by atoms with E-state index in [-0.39, 0.29) is 0 Å². The summed E-state index contributed by atoms with van der Waals surface area (Å²) in [5, 5.41) is 8.07. The highest BCUT2D eigenvalue weighted by atomic mass is 19.4. The second-order valence-corrected chi connectivity index (χ2v) is 5.19. The van der Waals surface area contributed by atoms with Crippen LogP contribution < -0.4 is 0 Å². The zero-order chi connectivity index (χ0) is 24.2. The zero-order valence-corrected chi connectivity index (χ0v) is 12.7. The minimum absolute atomic E-state index is 1.86. The predicted molar refractivity (Wildman–Crippen MR) is 57.4 cm³/mol. The molecule has 0 aromatic rings.